The summed E-state index contributed by atoms with van der Waals surface area (Å²) in [4.78, 5) is 13.5. The van der Waals surface area contributed by atoms with Crippen molar-refractivity contribution in [2.24, 2.45) is 0 Å². The highest BCUT2D eigenvalue weighted by Crippen LogP contribution is 2.32. The number of methoxy groups -OCH3 is 2. The maximum atomic E-state index is 13.2. The fraction of sp³-hybridized carbons (Fsp3) is 0.500. The van der Waals surface area contributed by atoms with Crippen molar-refractivity contribution in [3.63, 3.8) is 0 Å². The van der Waals surface area contributed by atoms with Crippen LogP contribution in [-0.4, -0.2) is 51.0 Å². The van der Waals surface area contributed by atoms with E-state index < -0.39 is 21.6 Å². The molecule has 0 unspecified atom stereocenters. The average Bonchev–Trinajstić information content (AvgIpc) is 2.81. The van der Waals surface area contributed by atoms with Crippen molar-refractivity contribution in [3.05, 3.63) is 48.0 Å². The molecule has 0 bridgehead atoms. The van der Waals surface area contributed by atoms with Crippen LogP contribution in [0.25, 0.3) is 0 Å². The number of rotatable bonds is 8. The Kier molecular flexibility index (Phi) is 8.33. The zero-order valence-corrected chi connectivity index (χ0v) is 22.2. The van der Waals surface area contributed by atoms with E-state index in [1.54, 1.807) is 61.0 Å². The predicted molar refractivity (Wildman–Crippen MR) is 137 cm³/mol. The normalized spacial score (nSPS) is 17.9. The Labute approximate surface area is 209 Å². The van der Waals surface area contributed by atoms with Crippen molar-refractivity contribution in [2.75, 3.05) is 26.1 Å². The van der Waals surface area contributed by atoms with Gasteiger partial charge in [0.1, 0.15) is 6.04 Å². The minimum atomic E-state index is -3.57. The maximum Gasteiger partial charge on any atom is 0.247 e. The summed E-state index contributed by atoms with van der Waals surface area (Å²) in [6.07, 6.45) is 2.79. The van der Waals surface area contributed by atoms with E-state index in [1.807, 2.05) is 27.7 Å². The Morgan fingerprint density at radius 1 is 1.03 bits per heavy atom. The van der Waals surface area contributed by atoms with Crippen molar-refractivity contribution in [1.82, 2.24) is 9.62 Å². The molecule has 3 rings (SSSR count). The van der Waals surface area contributed by atoms with E-state index in [4.69, 9.17) is 9.47 Å². The predicted octanol–water partition coefficient (Wildman–Crippen LogP) is 4.33. The smallest absolute Gasteiger partial charge is 0.247 e. The highest BCUT2D eigenvalue weighted by Gasteiger charge is 2.31. The molecule has 2 atom stereocenters. The molecule has 0 aliphatic carbocycles. The molecule has 1 amide bonds. The first-order valence-corrected chi connectivity index (χ1v) is 13.3. The van der Waals surface area contributed by atoms with Gasteiger partial charge in [-0.3, -0.25) is 4.79 Å². The lowest BCUT2D eigenvalue weighted by Gasteiger charge is -2.32. The number of carbonyl (C=O) groups excluding carboxylic acids is 1. The second-order valence-corrected chi connectivity index (χ2v) is 11.8. The third-order valence-electron chi connectivity index (χ3n) is 6.02. The SMILES string of the molecule is COc1ccc([C@@H](Nc2ccc(S(=O)(=O)N3CCCC[C@H]3C)cc2)C(=O)NC(C)(C)C)cc1OC. The molecular formula is C26H37N3O5S. The van der Waals surface area contributed by atoms with Gasteiger partial charge in [-0.2, -0.15) is 4.31 Å². The molecule has 0 saturated carbocycles. The van der Waals surface area contributed by atoms with Crippen molar-refractivity contribution in [1.29, 1.82) is 0 Å². The standard InChI is InChI=1S/C26H37N3O5S/c1-18-9-7-8-16-29(18)35(31,32)21-13-11-20(12-14-21)27-24(25(30)28-26(2,3)4)19-10-15-22(33-5)23(17-19)34-6/h10-15,17-18,24,27H,7-9,16H2,1-6H3,(H,28,30)/t18-,24-/m1/s1. The molecule has 1 aliphatic heterocycles. The number of benzene rings is 2. The van der Waals surface area contributed by atoms with Crippen LogP contribution in [0.5, 0.6) is 11.5 Å². The van der Waals surface area contributed by atoms with Crippen LogP contribution in [0.1, 0.15) is 58.6 Å². The number of hydrogen-bond donors (Lipinski definition) is 2. The topological polar surface area (TPSA) is 97.0 Å². The second-order valence-electron chi connectivity index (χ2n) is 9.92. The fourth-order valence-electron chi connectivity index (χ4n) is 4.23. The fourth-order valence-corrected chi connectivity index (χ4v) is 5.93. The number of anilines is 1. The number of carbonyl (C=O) groups is 1. The highest BCUT2D eigenvalue weighted by atomic mass is 32.2. The number of sulfonamides is 1. The van der Waals surface area contributed by atoms with Crippen LogP contribution in [0.3, 0.4) is 0 Å². The summed E-state index contributed by atoms with van der Waals surface area (Å²) in [5, 5.41) is 6.27. The zero-order valence-electron chi connectivity index (χ0n) is 21.4. The Balaban J connectivity index is 1.89. The lowest BCUT2D eigenvalue weighted by molar-refractivity contribution is -0.123. The van der Waals surface area contributed by atoms with Crippen LogP contribution >= 0.6 is 0 Å². The highest BCUT2D eigenvalue weighted by molar-refractivity contribution is 7.89. The Morgan fingerprint density at radius 3 is 2.26 bits per heavy atom. The summed E-state index contributed by atoms with van der Waals surface area (Å²) in [6.45, 7) is 8.24. The monoisotopic (exact) mass is 503 g/mol. The number of hydrogen-bond acceptors (Lipinski definition) is 6. The van der Waals surface area contributed by atoms with Crippen LogP contribution in [0.4, 0.5) is 5.69 Å². The summed E-state index contributed by atoms with van der Waals surface area (Å²) in [7, 11) is -0.471. The van der Waals surface area contributed by atoms with Crippen LogP contribution in [0, 0.1) is 0 Å². The second kappa shape index (κ2) is 10.9. The molecule has 0 spiro atoms. The van der Waals surface area contributed by atoms with Gasteiger partial charge in [0.05, 0.1) is 19.1 Å². The first-order valence-electron chi connectivity index (χ1n) is 11.9. The van der Waals surface area contributed by atoms with Gasteiger partial charge in [0.15, 0.2) is 11.5 Å². The number of ether oxygens (including phenoxy) is 2. The van der Waals surface area contributed by atoms with Crippen molar-refractivity contribution in [3.8, 4) is 11.5 Å². The van der Waals surface area contributed by atoms with E-state index >= 15 is 0 Å². The third-order valence-corrected chi connectivity index (χ3v) is 8.04. The Hall–Kier alpha value is -2.78. The Morgan fingerprint density at radius 2 is 1.69 bits per heavy atom. The van der Waals surface area contributed by atoms with E-state index in [2.05, 4.69) is 10.6 Å². The lowest BCUT2D eigenvalue weighted by atomic mass is 10.0. The van der Waals surface area contributed by atoms with E-state index in [0.29, 0.717) is 29.3 Å². The Bertz CT molecular complexity index is 1130. The molecule has 1 heterocycles. The molecule has 0 aromatic heterocycles. The van der Waals surface area contributed by atoms with Crippen molar-refractivity contribution < 1.29 is 22.7 Å². The minimum absolute atomic E-state index is 0.0120. The average molecular weight is 504 g/mol. The van der Waals surface area contributed by atoms with Crippen molar-refractivity contribution >= 4 is 21.6 Å². The van der Waals surface area contributed by atoms with Crippen LogP contribution in [-0.2, 0) is 14.8 Å². The number of nitrogens with one attached hydrogen (secondary N) is 2. The van der Waals surface area contributed by atoms with Gasteiger partial charge in [0.25, 0.3) is 0 Å². The van der Waals surface area contributed by atoms with Gasteiger partial charge in [0, 0.05) is 23.8 Å². The molecule has 192 valence electrons. The number of amides is 1. The van der Waals surface area contributed by atoms with Gasteiger partial charge in [-0.05, 0) is 82.5 Å². The quantitative estimate of drug-likeness (QED) is 0.556. The minimum Gasteiger partial charge on any atom is -0.493 e. The van der Waals surface area contributed by atoms with Gasteiger partial charge < -0.3 is 20.1 Å². The zero-order chi connectivity index (χ0) is 25.8. The van der Waals surface area contributed by atoms with E-state index in [0.717, 1.165) is 19.3 Å². The maximum absolute atomic E-state index is 13.2. The molecule has 0 radical (unpaired) electrons. The molecule has 1 aliphatic rings. The van der Waals surface area contributed by atoms with Gasteiger partial charge in [0.2, 0.25) is 15.9 Å². The molecule has 35 heavy (non-hydrogen) atoms. The van der Waals surface area contributed by atoms with Crippen LogP contribution in [0.15, 0.2) is 47.4 Å². The summed E-state index contributed by atoms with van der Waals surface area (Å²) >= 11 is 0. The van der Waals surface area contributed by atoms with Gasteiger partial charge in [-0.15, -0.1) is 0 Å². The molecule has 8 nitrogen and oxygen atoms in total. The van der Waals surface area contributed by atoms with Gasteiger partial charge in [-0.25, -0.2) is 8.42 Å². The molecule has 1 saturated heterocycles. The van der Waals surface area contributed by atoms with Gasteiger partial charge in [-0.1, -0.05) is 12.5 Å². The van der Waals surface area contributed by atoms with E-state index in [1.165, 1.54) is 0 Å². The molecule has 2 N–H and O–H groups in total. The summed E-state index contributed by atoms with van der Waals surface area (Å²) < 4.78 is 38.7. The summed E-state index contributed by atoms with van der Waals surface area (Å²) in [5.74, 6) is 0.855. The molecule has 2 aromatic carbocycles. The summed E-state index contributed by atoms with van der Waals surface area (Å²) in [5.41, 5.74) is 0.874. The lowest BCUT2D eigenvalue weighted by Crippen LogP contribution is -2.44. The summed E-state index contributed by atoms with van der Waals surface area (Å²) in [6, 6.07) is 11.1. The van der Waals surface area contributed by atoms with E-state index in [9.17, 15) is 13.2 Å². The van der Waals surface area contributed by atoms with Crippen LogP contribution in [0.2, 0.25) is 0 Å². The van der Waals surface area contributed by atoms with Crippen molar-refractivity contribution in [2.45, 2.75) is 69.5 Å². The molecule has 1 fully saturated rings. The van der Waals surface area contributed by atoms with Crippen LogP contribution < -0.4 is 20.1 Å². The molecule has 2 aromatic rings. The molecule has 9 heteroatoms. The van der Waals surface area contributed by atoms with E-state index in [-0.39, 0.29) is 16.8 Å². The third kappa shape index (κ3) is 6.46. The first kappa shape index (κ1) is 26.8. The van der Waals surface area contributed by atoms with Gasteiger partial charge >= 0.3 is 0 Å². The molecular weight excluding hydrogens is 466 g/mol. The largest absolute Gasteiger partial charge is 0.493 e. The first-order chi connectivity index (χ1) is 16.5. The number of piperidine rings is 1. The number of nitrogens with zero attached hydrogens (tertiary/aromatic N) is 1.